The third-order valence-corrected chi connectivity index (χ3v) is 5.45. The summed E-state index contributed by atoms with van der Waals surface area (Å²) in [5, 5.41) is 12.0. The summed E-state index contributed by atoms with van der Waals surface area (Å²) in [6.07, 6.45) is 4.03. The van der Waals surface area contributed by atoms with Gasteiger partial charge in [-0.05, 0) is 50.3 Å². The number of hydrogen-bond acceptors (Lipinski definition) is 3. The summed E-state index contributed by atoms with van der Waals surface area (Å²) in [5.74, 6) is -1.18. The van der Waals surface area contributed by atoms with Gasteiger partial charge in [-0.1, -0.05) is 12.1 Å². The molecular weight excluding hydrogens is 314 g/mol. The Morgan fingerprint density at radius 3 is 2.13 bits per heavy atom. The monoisotopic (exact) mass is 337 g/mol. The lowest BCUT2D eigenvalue weighted by molar-refractivity contribution is -0.144. The van der Waals surface area contributed by atoms with Gasteiger partial charge in [-0.15, -0.1) is 0 Å². The van der Waals surface area contributed by atoms with Crippen molar-refractivity contribution in [2.75, 3.05) is 6.26 Å². The Hall–Kier alpha value is -1.69. The van der Waals surface area contributed by atoms with Crippen LogP contribution in [0.25, 0.3) is 0 Å². The van der Waals surface area contributed by atoms with Crippen LogP contribution in [0.15, 0.2) is 29.2 Å². The zero-order valence-electron chi connectivity index (χ0n) is 13.5. The average molecular weight is 337 g/mol. The van der Waals surface area contributed by atoms with E-state index < -0.39 is 16.8 Å². The lowest BCUT2D eigenvalue weighted by Crippen LogP contribution is -2.35. The normalized spacial score (nSPS) is 23.7. The van der Waals surface area contributed by atoms with Crippen LogP contribution in [0.1, 0.15) is 44.2 Å². The molecule has 2 rings (SSSR count). The number of nitrogens with one attached hydrogen (secondary N) is 1. The highest BCUT2D eigenvalue weighted by Crippen LogP contribution is 2.29. The predicted molar refractivity (Wildman–Crippen MR) is 88.4 cm³/mol. The van der Waals surface area contributed by atoms with Crippen LogP contribution in [0.3, 0.4) is 0 Å². The third-order valence-electron chi connectivity index (χ3n) is 4.52. The van der Waals surface area contributed by atoms with Gasteiger partial charge in [-0.25, -0.2) is 0 Å². The summed E-state index contributed by atoms with van der Waals surface area (Å²) in [5.41, 5.74) is 0.965. The molecule has 0 saturated heterocycles. The Bertz CT molecular complexity index is 591. The van der Waals surface area contributed by atoms with Crippen molar-refractivity contribution < 1.29 is 18.9 Å². The molecule has 1 aliphatic carbocycles. The molecule has 0 spiro atoms. The van der Waals surface area contributed by atoms with Crippen LogP contribution in [0.2, 0.25) is 0 Å². The van der Waals surface area contributed by atoms with E-state index in [1.807, 2.05) is 31.2 Å². The minimum absolute atomic E-state index is 0.00974. The SMILES string of the molecule is CC(NC(=O)C1CCC(C(=O)O)CC1)c1ccc(S(C)=O)cc1. The van der Waals surface area contributed by atoms with Gasteiger partial charge < -0.3 is 10.4 Å². The lowest BCUT2D eigenvalue weighted by atomic mass is 9.81. The molecule has 0 heterocycles. The van der Waals surface area contributed by atoms with Crippen LogP contribution in [0.4, 0.5) is 0 Å². The Morgan fingerprint density at radius 2 is 1.65 bits per heavy atom. The zero-order valence-corrected chi connectivity index (χ0v) is 14.3. The maximum atomic E-state index is 12.3. The second kappa shape index (κ2) is 7.73. The van der Waals surface area contributed by atoms with Crippen molar-refractivity contribution in [1.82, 2.24) is 5.32 Å². The van der Waals surface area contributed by atoms with E-state index in [0.29, 0.717) is 25.7 Å². The Balaban J connectivity index is 1.90. The molecular formula is C17H23NO4S. The van der Waals surface area contributed by atoms with Gasteiger partial charge >= 0.3 is 5.97 Å². The standard InChI is InChI=1S/C17H23NO4S/c1-11(12-7-9-15(10-8-12)23(2)22)18-16(19)13-3-5-14(6-4-13)17(20)21/h7-11,13-14H,3-6H2,1-2H3,(H,18,19)(H,20,21). The second-order valence-electron chi connectivity index (χ2n) is 6.14. The first-order valence-corrected chi connectivity index (χ1v) is 9.41. The molecule has 1 amide bonds. The number of hydrogen-bond donors (Lipinski definition) is 2. The van der Waals surface area contributed by atoms with Gasteiger partial charge in [0, 0.05) is 27.9 Å². The predicted octanol–water partition coefficient (Wildman–Crippen LogP) is 2.49. The van der Waals surface area contributed by atoms with Gasteiger partial charge in [0.25, 0.3) is 0 Å². The molecule has 1 aromatic carbocycles. The van der Waals surface area contributed by atoms with E-state index in [-0.39, 0.29) is 23.8 Å². The molecule has 0 bridgehead atoms. The zero-order chi connectivity index (χ0) is 17.0. The molecule has 6 heteroatoms. The fourth-order valence-electron chi connectivity index (χ4n) is 2.97. The first kappa shape index (κ1) is 17.7. The van der Waals surface area contributed by atoms with Crippen LogP contribution in [0, 0.1) is 11.8 Å². The summed E-state index contributed by atoms with van der Waals surface area (Å²) in [6.45, 7) is 1.92. The second-order valence-corrected chi connectivity index (χ2v) is 7.52. The fourth-order valence-corrected chi connectivity index (χ4v) is 3.48. The van der Waals surface area contributed by atoms with Gasteiger partial charge in [0.15, 0.2) is 0 Å². The summed E-state index contributed by atoms with van der Waals surface area (Å²) in [4.78, 5) is 24.0. The van der Waals surface area contributed by atoms with Crippen LogP contribution in [0.5, 0.6) is 0 Å². The molecule has 1 aromatic rings. The van der Waals surface area contributed by atoms with Crippen LogP contribution < -0.4 is 5.32 Å². The quantitative estimate of drug-likeness (QED) is 0.865. The number of carbonyl (C=O) groups is 2. The van der Waals surface area contributed by atoms with E-state index >= 15 is 0 Å². The fraction of sp³-hybridized carbons (Fsp3) is 0.529. The molecule has 2 unspecified atom stereocenters. The molecule has 2 N–H and O–H groups in total. The van der Waals surface area contributed by atoms with Gasteiger partial charge in [0.1, 0.15) is 0 Å². The van der Waals surface area contributed by atoms with Crippen molar-refractivity contribution >= 4 is 22.7 Å². The van der Waals surface area contributed by atoms with Crippen molar-refractivity contribution in [2.45, 2.75) is 43.5 Å². The lowest BCUT2D eigenvalue weighted by Gasteiger charge is -2.26. The van der Waals surface area contributed by atoms with Crippen molar-refractivity contribution in [2.24, 2.45) is 11.8 Å². The average Bonchev–Trinajstić information content (AvgIpc) is 2.54. The third kappa shape index (κ3) is 4.64. The van der Waals surface area contributed by atoms with E-state index in [1.165, 1.54) is 0 Å². The first-order chi connectivity index (χ1) is 10.9. The minimum Gasteiger partial charge on any atom is -0.481 e. The molecule has 5 nitrogen and oxygen atoms in total. The summed E-state index contributed by atoms with van der Waals surface area (Å²) in [6, 6.07) is 7.25. The summed E-state index contributed by atoms with van der Waals surface area (Å²) < 4.78 is 11.4. The number of rotatable bonds is 5. The molecule has 1 saturated carbocycles. The van der Waals surface area contributed by atoms with Crippen molar-refractivity contribution in [1.29, 1.82) is 0 Å². The molecule has 23 heavy (non-hydrogen) atoms. The summed E-state index contributed by atoms with van der Waals surface area (Å²) >= 11 is 0. The number of carboxylic acid groups (broad SMARTS) is 1. The van der Waals surface area contributed by atoms with Gasteiger partial charge in [-0.3, -0.25) is 13.8 Å². The Labute approximate surface area is 138 Å². The maximum Gasteiger partial charge on any atom is 0.306 e. The number of amides is 1. The van der Waals surface area contributed by atoms with Gasteiger partial charge in [-0.2, -0.15) is 0 Å². The Kier molecular flexibility index (Phi) is 5.93. The van der Waals surface area contributed by atoms with Crippen molar-refractivity contribution in [3.8, 4) is 0 Å². The smallest absolute Gasteiger partial charge is 0.306 e. The highest BCUT2D eigenvalue weighted by molar-refractivity contribution is 7.84. The van der Waals surface area contributed by atoms with Crippen molar-refractivity contribution in [3.63, 3.8) is 0 Å². The van der Waals surface area contributed by atoms with Crippen molar-refractivity contribution in [3.05, 3.63) is 29.8 Å². The molecule has 0 radical (unpaired) electrons. The van der Waals surface area contributed by atoms with E-state index in [2.05, 4.69) is 5.32 Å². The van der Waals surface area contributed by atoms with Crippen LogP contribution in [-0.2, 0) is 20.4 Å². The molecule has 126 valence electrons. The largest absolute Gasteiger partial charge is 0.481 e. The highest BCUT2D eigenvalue weighted by atomic mass is 32.2. The van der Waals surface area contributed by atoms with Crippen LogP contribution in [-0.4, -0.2) is 27.4 Å². The summed E-state index contributed by atoms with van der Waals surface area (Å²) in [7, 11) is -1.01. The van der Waals surface area contributed by atoms with Gasteiger partial charge in [0.2, 0.25) is 5.91 Å². The number of carboxylic acids is 1. The van der Waals surface area contributed by atoms with E-state index in [4.69, 9.17) is 5.11 Å². The first-order valence-electron chi connectivity index (χ1n) is 7.85. The number of aliphatic carboxylic acids is 1. The van der Waals surface area contributed by atoms with E-state index in [1.54, 1.807) is 6.26 Å². The molecule has 0 aromatic heterocycles. The number of carbonyl (C=O) groups excluding carboxylic acids is 1. The molecule has 2 atom stereocenters. The van der Waals surface area contributed by atoms with E-state index in [0.717, 1.165) is 10.5 Å². The molecule has 0 aliphatic heterocycles. The van der Waals surface area contributed by atoms with Gasteiger partial charge in [0.05, 0.1) is 12.0 Å². The topological polar surface area (TPSA) is 83.5 Å². The van der Waals surface area contributed by atoms with E-state index in [9.17, 15) is 13.8 Å². The minimum atomic E-state index is -1.01. The maximum absolute atomic E-state index is 12.3. The highest BCUT2D eigenvalue weighted by Gasteiger charge is 2.30. The Morgan fingerprint density at radius 1 is 1.13 bits per heavy atom. The molecule has 1 fully saturated rings. The van der Waals surface area contributed by atoms with Crippen LogP contribution >= 0.6 is 0 Å². The molecule has 1 aliphatic rings. The number of benzene rings is 1.